The third-order valence-electron chi connectivity index (χ3n) is 11.1. The Bertz CT molecular complexity index is 3550. The second-order valence-corrected chi connectivity index (χ2v) is 14.3. The number of benzene rings is 9. The first-order chi connectivity index (χ1) is 27.7. The molecule has 0 unspecified atom stereocenters. The quantitative estimate of drug-likeness (QED) is 0.170. The van der Waals surface area contributed by atoms with Crippen molar-refractivity contribution in [1.29, 1.82) is 0 Å². The summed E-state index contributed by atoms with van der Waals surface area (Å²) in [6.45, 7) is 0. The monoisotopic (exact) mass is 715 g/mol. The van der Waals surface area contributed by atoms with Crippen molar-refractivity contribution in [3.63, 3.8) is 0 Å². The highest BCUT2D eigenvalue weighted by Gasteiger charge is 2.20. The highest BCUT2D eigenvalue weighted by atomic mass is 16.3. The number of rotatable bonds is 4. The molecule has 0 aliphatic rings. The Balaban J connectivity index is 1.10. The summed E-state index contributed by atoms with van der Waals surface area (Å²) in [5.74, 6) is 1.78. The minimum atomic E-state index is 0.581. The van der Waals surface area contributed by atoms with E-state index in [1.807, 2.05) is 30.3 Å². The summed E-state index contributed by atoms with van der Waals surface area (Å²) >= 11 is 0. The molecule has 12 rings (SSSR count). The molecule has 3 aromatic heterocycles. The van der Waals surface area contributed by atoms with E-state index in [4.69, 9.17) is 23.8 Å². The van der Waals surface area contributed by atoms with Crippen LogP contribution in [0.25, 0.3) is 121 Å². The lowest BCUT2D eigenvalue weighted by Crippen LogP contribution is -2.00. The van der Waals surface area contributed by atoms with Crippen molar-refractivity contribution in [3.8, 4) is 45.3 Å². The molecular formula is C51H29N3O2. The molecule has 0 bridgehead atoms. The van der Waals surface area contributed by atoms with E-state index in [2.05, 4.69) is 146 Å². The maximum absolute atomic E-state index is 6.65. The van der Waals surface area contributed by atoms with Gasteiger partial charge in [-0.3, -0.25) is 0 Å². The predicted octanol–water partition coefficient (Wildman–Crippen LogP) is 13.8. The molecule has 0 N–H and O–H groups in total. The number of para-hydroxylation sites is 2. The molecule has 0 saturated heterocycles. The summed E-state index contributed by atoms with van der Waals surface area (Å²) in [6, 6.07) is 61.0. The molecule has 5 nitrogen and oxygen atoms in total. The average Bonchev–Trinajstić information content (AvgIpc) is 3.85. The van der Waals surface area contributed by atoms with E-state index in [1.165, 1.54) is 16.2 Å². The molecular weight excluding hydrogens is 687 g/mol. The Morgan fingerprint density at radius 2 is 0.929 bits per heavy atom. The minimum Gasteiger partial charge on any atom is -0.456 e. The zero-order valence-electron chi connectivity index (χ0n) is 29.9. The van der Waals surface area contributed by atoms with Gasteiger partial charge >= 0.3 is 0 Å². The fourth-order valence-electron chi connectivity index (χ4n) is 8.47. The molecule has 0 amide bonds. The average molecular weight is 716 g/mol. The second-order valence-electron chi connectivity index (χ2n) is 14.3. The molecule has 0 fully saturated rings. The largest absolute Gasteiger partial charge is 0.456 e. The van der Waals surface area contributed by atoms with Gasteiger partial charge in [0, 0.05) is 43.8 Å². The maximum Gasteiger partial charge on any atom is 0.164 e. The first-order valence-electron chi connectivity index (χ1n) is 18.8. The summed E-state index contributed by atoms with van der Waals surface area (Å²) < 4.78 is 12.9. The Morgan fingerprint density at radius 1 is 0.304 bits per heavy atom. The van der Waals surface area contributed by atoms with E-state index in [1.54, 1.807) is 0 Å². The van der Waals surface area contributed by atoms with Gasteiger partial charge in [-0.05, 0) is 68.2 Å². The van der Waals surface area contributed by atoms with Gasteiger partial charge < -0.3 is 8.83 Å². The number of nitrogens with zero attached hydrogens (tertiary/aromatic N) is 3. The van der Waals surface area contributed by atoms with E-state index in [9.17, 15) is 0 Å². The van der Waals surface area contributed by atoms with Crippen molar-refractivity contribution in [1.82, 2.24) is 15.0 Å². The smallest absolute Gasteiger partial charge is 0.164 e. The van der Waals surface area contributed by atoms with Crippen molar-refractivity contribution in [2.24, 2.45) is 0 Å². The SMILES string of the molecule is c1ccc(-c2cccc3c2oc2cccc(-c4nc(-c5ccc6c(ccc7oc8ccccc8c76)c5)nc(-c5ccc6ccc7ccccc7c6c5)n4)c23)cc1. The number of fused-ring (bicyclic) bond motifs is 11. The van der Waals surface area contributed by atoms with Gasteiger partial charge in [0.15, 0.2) is 17.5 Å². The van der Waals surface area contributed by atoms with Crippen LogP contribution >= 0.6 is 0 Å². The van der Waals surface area contributed by atoms with Crippen molar-refractivity contribution < 1.29 is 8.83 Å². The molecule has 9 aromatic carbocycles. The van der Waals surface area contributed by atoms with E-state index in [-0.39, 0.29) is 0 Å². The zero-order valence-corrected chi connectivity index (χ0v) is 29.9. The highest BCUT2D eigenvalue weighted by Crippen LogP contribution is 2.41. The third kappa shape index (κ3) is 4.71. The van der Waals surface area contributed by atoms with Crippen LogP contribution < -0.4 is 0 Å². The number of hydrogen-bond donors (Lipinski definition) is 0. The Labute approximate surface area is 320 Å². The van der Waals surface area contributed by atoms with Crippen LogP contribution in [0.15, 0.2) is 185 Å². The second kappa shape index (κ2) is 11.9. The van der Waals surface area contributed by atoms with Crippen LogP contribution in [0.1, 0.15) is 0 Å². The van der Waals surface area contributed by atoms with Crippen LogP contribution in [0.3, 0.4) is 0 Å². The van der Waals surface area contributed by atoms with Crippen molar-refractivity contribution >= 4 is 76.2 Å². The molecule has 0 atom stereocenters. The van der Waals surface area contributed by atoms with Crippen LogP contribution in [-0.4, -0.2) is 15.0 Å². The molecule has 12 aromatic rings. The topological polar surface area (TPSA) is 65.0 Å². The van der Waals surface area contributed by atoms with Crippen molar-refractivity contribution in [2.45, 2.75) is 0 Å². The number of hydrogen-bond acceptors (Lipinski definition) is 5. The van der Waals surface area contributed by atoms with Crippen molar-refractivity contribution in [3.05, 3.63) is 176 Å². The molecule has 260 valence electrons. The summed E-state index contributed by atoms with van der Waals surface area (Å²) in [5, 5.41) is 11.1. The van der Waals surface area contributed by atoms with Crippen LogP contribution in [0, 0.1) is 0 Å². The zero-order chi connectivity index (χ0) is 36.7. The Hall–Kier alpha value is -7.63. The highest BCUT2D eigenvalue weighted by molar-refractivity contribution is 6.19. The van der Waals surface area contributed by atoms with Crippen molar-refractivity contribution in [2.75, 3.05) is 0 Å². The molecule has 0 radical (unpaired) electrons. The molecule has 5 heteroatoms. The molecule has 0 spiro atoms. The fourth-order valence-corrected chi connectivity index (χ4v) is 8.47. The van der Waals surface area contributed by atoms with Gasteiger partial charge in [0.2, 0.25) is 0 Å². The van der Waals surface area contributed by atoms with Crippen LogP contribution in [0.2, 0.25) is 0 Å². The van der Waals surface area contributed by atoms with Crippen LogP contribution in [-0.2, 0) is 0 Å². The van der Waals surface area contributed by atoms with Crippen LogP contribution in [0.4, 0.5) is 0 Å². The lowest BCUT2D eigenvalue weighted by molar-refractivity contribution is 0.669. The predicted molar refractivity (Wildman–Crippen MR) is 229 cm³/mol. The summed E-state index contributed by atoms with van der Waals surface area (Å²) in [5.41, 5.74) is 8.22. The van der Waals surface area contributed by atoms with Crippen LogP contribution in [0.5, 0.6) is 0 Å². The lowest BCUT2D eigenvalue weighted by atomic mass is 9.99. The van der Waals surface area contributed by atoms with E-state index >= 15 is 0 Å². The minimum absolute atomic E-state index is 0.581. The lowest BCUT2D eigenvalue weighted by Gasteiger charge is -2.11. The standard InChI is InChI=1S/C51H29N3O2/c1-2-10-30(11-3-1)38-15-8-16-40-47-41(17-9-19-44(47)56-48(38)40)51-53-49(34-24-26-37-33(28-34)25-27-45-46(37)39-14-6-7-18-43(39)55-45)52-50(54-51)35-23-22-32-21-20-31-12-4-5-13-36(31)42(32)29-35/h1-29H. The van der Waals surface area contributed by atoms with Gasteiger partial charge in [-0.2, -0.15) is 0 Å². The Kier molecular flexibility index (Phi) is 6.56. The van der Waals surface area contributed by atoms with Gasteiger partial charge in [-0.15, -0.1) is 0 Å². The molecule has 0 aliphatic carbocycles. The summed E-state index contributed by atoms with van der Waals surface area (Å²) in [4.78, 5) is 15.7. The van der Waals surface area contributed by atoms with E-state index < -0.39 is 0 Å². The van der Waals surface area contributed by atoms with Gasteiger partial charge in [-0.1, -0.05) is 146 Å². The first kappa shape index (κ1) is 30.8. The molecule has 56 heavy (non-hydrogen) atoms. The Morgan fingerprint density at radius 3 is 1.82 bits per heavy atom. The normalized spacial score (nSPS) is 11.9. The number of aromatic nitrogens is 3. The molecule has 3 heterocycles. The molecule has 0 aliphatic heterocycles. The number of furan rings is 2. The maximum atomic E-state index is 6.65. The first-order valence-corrected chi connectivity index (χ1v) is 18.8. The third-order valence-corrected chi connectivity index (χ3v) is 11.1. The summed E-state index contributed by atoms with van der Waals surface area (Å²) in [7, 11) is 0. The molecule has 0 saturated carbocycles. The van der Waals surface area contributed by atoms with Gasteiger partial charge in [0.25, 0.3) is 0 Å². The van der Waals surface area contributed by atoms with Gasteiger partial charge in [0.1, 0.15) is 22.3 Å². The fraction of sp³-hybridized carbons (Fsp3) is 0. The van der Waals surface area contributed by atoms with Gasteiger partial charge in [-0.25, -0.2) is 15.0 Å². The van der Waals surface area contributed by atoms with E-state index in [0.717, 1.165) is 87.9 Å². The summed E-state index contributed by atoms with van der Waals surface area (Å²) in [6.07, 6.45) is 0. The van der Waals surface area contributed by atoms with E-state index in [0.29, 0.717) is 17.5 Å². The van der Waals surface area contributed by atoms with Gasteiger partial charge in [0.05, 0.1) is 0 Å².